The summed E-state index contributed by atoms with van der Waals surface area (Å²) >= 11 is 0. The van der Waals surface area contributed by atoms with Crippen LogP contribution in [0.2, 0.25) is 0 Å². The number of rotatable bonds is 7. The van der Waals surface area contributed by atoms with E-state index >= 15 is 0 Å². The van der Waals surface area contributed by atoms with Crippen molar-refractivity contribution in [2.24, 2.45) is 5.92 Å². The smallest absolute Gasteiger partial charge is 0.263 e. The fourth-order valence-corrected chi connectivity index (χ4v) is 2.89. The molecule has 1 aliphatic rings. The summed E-state index contributed by atoms with van der Waals surface area (Å²) in [6.07, 6.45) is 5.73. The SMILES string of the molecule is FC(F)c1cccc(CNCCCC2CCCC2)c1. The molecule has 1 N–H and O–H groups in total. The molecular formula is C16H23F2N. The van der Waals surface area contributed by atoms with Gasteiger partial charge in [-0.1, -0.05) is 43.9 Å². The van der Waals surface area contributed by atoms with Gasteiger partial charge < -0.3 is 5.32 Å². The van der Waals surface area contributed by atoms with Gasteiger partial charge in [-0.3, -0.25) is 0 Å². The molecule has 0 radical (unpaired) electrons. The topological polar surface area (TPSA) is 12.0 Å². The van der Waals surface area contributed by atoms with Crippen LogP contribution in [0.15, 0.2) is 24.3 Å². The van der Waals surface area contributed by atoms with E-state index in [0.717, 1.165) is 18.0 Å². The Kier molecular flexibility index (Phi) is 5.77. The molecule has 0 unspecified atom stereocenters. The van der Waals surface area contributed by atoms with E-state index in [4.69, 9.17) is 0 Å². The molecular weight excluding hydrogens is 244 g/mol. The quantitative estimate of drug-likeness (QED) is 0.707. The highest BCUT2D eigenvalue weighted by Gasteiger charge is 2.13. The molecule has 1 nitrogen and oxygen atoms in total. The van der Waals surface area contributed by atoms with Crippen molar-refractivity contribution in [2.45, 2.75) is 51.5 Å². The van der Waals surface area contributed by atoms with Gasteiger partial charge >= 0.3 is 0 Å². The van der Waals surface area contributed by atoms with Gasteiger partial charge in [-0.15, -0.1) is 0 Å². The number of nitrogens with one attached hydrogen (secondary N) is 1. The van der Waals surface area contributed by atoms with Crippen LogP contribution >= 0.6 is 0 Å². The second kappa shape index (κ2) is 7.59. The van der Waals surface area contributed by atoms with Crippen molar-refractivity contribution in [2.75, 3.05) is 6.54 Å². The number of halogens is 2. The van der Waals surface area contributed by atoms with Gasteiger partial charge in [-0.05, 0) is 36.9 Å². The first-order chi connectivity index (χ1) is 9.25. The molecule has 2 rings (SSSR count). The third kappa shape index (κ3) is 4.90. The Balaban J connectivity index is 1.63. The van der Waals surface area contributed by atoms with Crippen LogP contribution in [0, 0.1) is 5.92 Å². The largest absolute Gasteiger partial charge is 0.313 e. The van der Waals surface area contributed by atoms with E-state index in [1.54, 1.807) is 12.1 Å². The molecule has 0 heterocycles. The minimum atomic E-state index is -2.37. The van der Waals surface area contributed by atoms with Crippen LogP contribution in [-0.2, 0) is 6.54 Å². The molecule has 1 fully saturated rings. The lowest BCUT2D eigenvalue weighted by Gasteiger charge is -2.10. The highest BCUT2D eigenvalue weighted by atomic mass is 19.3. The van der Waals surface area contributed by atoms with Gasteiger partial charge in [0.15, 0.2) is 0 Å². The summed E-state index contributed by atoms with van der Waals surface area (Å²) < 4.78 is 25.1. The number of alkyl halides is 2. The maximum absolute atomic E-state index is 12.5. The van der Waals surface area contributed by atoms with Crippen molar-refractivity contribution < 1.29 is 8.78 Å². The Bertz CT molecular complexity index is 373. The Hall–Kier alpha value is -0.960. The molecule has 106 valence electrons. The van der Waals surface area contributed by atoms with E-state index in [-0.39, 0.29) is 5.56 Å². The maximum atomic E-state index is 12.5. The maximum Gasteiger partial charge on any atom is 0.263 e. The molecule has 1 aromatic carbocycles. The molecule has 0 spiro atoms. The molecule has 3 heteroatoms. The predicted octanol–water partition coefficient (Wildman–Crippen LogP) is 4.68. The summed E-state index contributed by atoms with van der Waals surface area (Å²) in [6.45, 7) is 1.67. The lowest BCUT2D eigenvalue weighted by molar-refractivity contribution is 0.151. The standard InChI is InChI=1S/C16H23F2N/c17-16(18)15-9-3-7-14(11-15)12-19-10-4-8-13-5-1-2-6-13/h3,7,9,11,13,16,19H,1-2,4-6,8,10,12H2. The Morgan fingerprint density at radius 3 is 2.74 bits per heavy atom. The molecule has 0 aromatic heterocycles. The highest BCUT2D eigenvalue weighted by Crippen LogP contribution is 2.28. The normalized spacial score (nSPS) is 16.4. The first-order valence-electron chi connectivity index (χ1n) is 7.33. The van der Waals surface area contributed by atoms with Gasteiger partial charge in [0.2, 0.25) is 0 Å². The van der Waals surface area contributed by atoms with Crippen molar-refractivity contribution in [1.29, 1.82) is 0 Å². The van der Waals surface area contributed by atoms with Crippen LogP contribution < -0.4 is 5.32 Å². The van der Waals surface area contributed by atoms with Crippen LogP contribution in [0.25, 0.3) is 0 Å². The summed E-state index contributed by atoms with van der Waals surface area (Å²) in [5.41, 5.74) is 1.06. The van der Waals surface area contributed by atoms with E-state index in [1.165, 1.54) is 44.6 Å². The third-order valence-electron chi connectivity index (χ3n) is 3.97. The van der Waals surface area contributed by atoms with Crippen molar-refractivity contribution in [3.05, 3.63) is 35.4 Å². The van der Waals surface area contributed by atoms with Gasteiger partial charge in [-0.25, -0.2) is 8.78 Å². The van der Waals surface area contributed by atoms with E-state index in [1.807, 2.05) is 6.07 Å². The summed E-state index contributed by atoms with van der Waals surface area (Å²) in [4.78, 5) is 0. The summed E-state index contributed by atoms with van der Waals surface area (Å²) in [5, 5.41) is 3.35. The summed E-state index contributed by atoms with van der Waals surface area (Å²) in [7, 11) is 0. The molecule has 0 amide bonds. The zero-order valence-corrected chi connectivity index (χ0v) is 11.4. The minimum Gasteiger partial charge on any atom is -0.313 e. The average Bonchev–Trinajstić information content (AvgIpc) is 2.92. The number of hydrogen-bond donors (Lipinski definition) is 1. The van der Waals surface area contributed by atoms with Crippen molar-refractivity contribution in [3.63, 3.8) is 0 Å². The second-order valence-electron chi connectivity index (χ2n) is 5.52. The predicted molar refractivity (Wildman–Crippen MR) is 74.3 cm³/mol. The summed E-state index contributed by atoms with van der Waals surface area (Å²) in [5.74, 6) is 0.934. The van der Waals surface area contributed by atoms with E-state index in [0.29, 0.717) is 6.54 Å². The molecule has 1 aliphatic carbocycles. The zero-order chi connectivity index (χ0) is 13.5. The molecule has 0 aliphatic heterocycles. The zero-order valence-electron chi connectivity index (χ0n) is 11.4. The van der Waals surface area contributed by atoms with E-state index in [2.05, 4.69) is 5.32 Å². The van der Waals surface area contributed by atoms with Crippen LogP contribution in [0.1, 0.15) is 56.1 Å². The lowest BCUT2D eigenvalue weighted by Crippen LogP contribution is -2.15. The molecule has 0 atom stereocenters. The molecule has 1 saturated carbocycles. The monoisotopic (exact) mass is 267 g/mol. The van der Waals surface area contributed by atoms with Crippen molar-refractivity contribution >= 4 is 0 Å². The summed E-state index contributed by atoms with van der Waals surface area (Å²) in [6, 6.07) is 6.68. The van der Waals surface area contributed by atoms with Crippen LogP contribution in [-0.4, -0.2) is 6.54 Å². The molecule has 0 saturated heterocycles. The Labute approximate surface area is 114 Å². The Morgan fingerprint density at radius 2 is 2.00 bits per heavy atom. The minimum absolute atomic E-state index is 0.116. The fourth-order valence-electron chi connectivity index (χ4n) is 2.89. The van der Waals surface area contributed by atoms with Gasteiger partial charge in [-0.2, -0.15) is 0 Å². The number of hydrogen-bond acceptors (Lipinski definition) is 1. The van der Waals surface area contributed by atoms with Gasteiger partial charge in [0.25, 0.3) is 6.43 Å². The van der Waals surface area contributed by atoms with Crippen LogP contribution in [0.4, 0.5) is 8.78 Å². The van der Waals surface area contributed by atoms with E-state index in [9.17, 15) is 8.78 Å². The molecule has 1 aromatic rings. The Morgan fingerprint density at radius 1 is 1.21 bits per heavy atom. The van der Waals surface area contributed by atoms with Gasteiger partial charge in [0.1, 0.15) is 0 Å². The van der Waals surface area contributed by atoms with E-state index < -0.39 is 6.43 Å². The van der Waals surface area contributed by atoms with Gasteiger partial charge in [0, 0.05) is 12.1 Å². The second-order valence-corrected chi connectivity index (χ2v) is 5.52. The number of benzene rings is 1. The molecule has 0 bridgehead atoms. The van der Waals surface area contributed by atoms with Crippen molar-refractivity contribution in [3.8, 4) is 0 Å². The fraction of sp³-hybridized carbons (Fsp3) is 0.625. The third-order valence-corrected chi connectivity index (χ3v) is 3.97. The van der Waals surface area contributed by atoms with Crippen LogP contribution in [0.3, 0.4) is 0 Å². The highest BCUT2D eigenvalue weighted by molar-refractivity contribution is 5.24. The first-order valence-corrected chi connectivity index (χ1v) is 7.33. The molecule has 19 heavy (non-hydrogen) atoms. The van der Waals surface area contributed by atoms with Crippen LogP contribution in [0.5, 0.6) is 0 Å². The average molecular weight is 267 g/mol. The lowest BCUT2D eigenvalue weighted by atomic mass is 10.0. The first kappa shape index (κ1) is 14.4. The van der Waals surface area contributed by atoms with Gasteiger partial charge in [0.05, 0.1) is 0 Å². The van der Waals surface area contributed by atoms with Crippen molar-refractivity contribution in [1.82, 2.24) is 5.32 Å².